The Kier molecular flexibility index (Phi) is 6.84. The monoisotopic (exact) mass is 478 g/mol. The second-order valence-electron chi connectivity index (χ2n) is 7.86. The minimum absolute atomic E-state index is 0.103. The van der Waals surface area contributed by atoms with Gasteiger partial charge in [0.1, 0.15) is 5.75 Å². The fourth-order valence-corrected chi connectivity index (χ4v) is 3.89. The number of ether oxygens (including phenoxy) is 2. The highest BCUT2D eigenvalue weighted by atomic mass is 35.5. The van der Waals surface area contributed by atoms with Gasteiger partial charge in [0.25, 0.3) is 11.8 Å². The number of para-hydroxylation sites is 1. The zero-order chi connectivity index (χ0) is 24.2. The van der Waals surface area contributed by atoms with Crippen molar-refractivity contribution in [3.63, 3.8) is 0 Å². The second kappa shape index (κ2) is 9.97. The van der Waals surface area contributed by atoms with Gasteiger partial charge in [0.05, 0.1) is 36.5 Å². The van der Waals surface area contributed by atoms with Crippen LogP contribution in [0.15, 0.2) is 66.7 Å². The Morgan fingerprint density at radius 2 is 1.79 bits per heavy atom. The van der Waals surface area contributed by atoms with Gasteiger partial charge in [-0.25, -0.2) is 4.79 Å². The topological polar surface area (TPSA) is 84.9 Å². The lowest BCUT2D eigenvalue weighted by Gasteiger charge is -2.31. The van der Waals surface area contributed by atoms with Crippen LogP contribution in [0.4, 0.5) is 5.69 Å². The van der Waals surface area contributed by atoms with Crippen LogP contribution in [0.1, 0.15) is 44.8 Å². The zero-order valence-corrected chi connectivity index (χ0v) is 19.5. The number of fused-ring (bicyclic) bond motifs is 1. The van der Waals surface area contributed by atoms with Crippen molar-refractivity contribution in [2.45, 2.75) is 19.5 Å². The van der Waals surface area contributed by atoms with Crippen LogP contribution in [0.25, 0.3) is 0 Å². The molecule has 174 valence electrons. The number of esters is 1. The first-order valence-corrected chi connectivity index (χ1v) is 11.0. The standard InChI is InChI=1S/C26H23ClN2O5/c1-16(18-8-10-19(11-9-18)26(32)33-2)28-25(31)21-4-3-5-22-24(21)29(23(30)15-34-22)14-17-6-12-20(27)13-7-17/h3-13,16H,14-15H2,1-2H3,(H,28,31)/t16-/m0/s1. The Bertz CT molecular complexity index is 1220. The van der Waals surface area contributed by atoms with Crippen LogP contribution in [0.5, 0.6) is 5.75 Å². The summed E-state index contributed by atoms with van der Waals surface area (Å²) in [6, 6.07) is 18.8. The minimum atomic E-state index is -0.426. The summed E-state index contributed by atoms with van der Waals surface area (Å²) < 4.78 is 10.3. The van der Waals surface area contributed by atoms with Crippen LogP contribution < -0.4 is 15.0 Å². The third-order valence-electron chi connectivity index (χ3n) is 5.60. The van der Waals surface area contributed by atoms with Gasteiger partial charge in [0, 0.05) is 5.02 Å². The van der Waals surface area contributed by atoms with Gasteiger partial charge in [-0.3, -0.25) is 9.59 Å². The number of carbonyl (C=O) groups is 3. The number of anilines is 1. The fraction of sp³-hybridized carbons (Fsp3) is 0.192. The number of nitrogens with one attached hydrogen (secondary N) is 1. The van der Waals surface area contributed by atoms with E-state index in [0.717, 1.165) is 11.1 Å². The largest absolute Gasteiger partial charge is 0.482 e. The van der Waals surface area contributed by atoms with Crippen molar-refractivity contribution in [1.82, 2.24) is 5.32 Å². The molecule has 0 aliphatic carbocycles. The van der Waals surface area contributed by atoms with E-state index in [0.29, 0.717) is 27.6 Å². The normalized spacial score (nSPS) is 13.5. The van der Waals surface area contributed by atoms with Crippen molar-refractivity contribution in [1.29, 1.82) is 0 Å². The molecule has 1 aliphatic rings. The molecule has 1 heterocycles. The first kappa shape index (κ1) is 23.3. The molecule has 2 amide bonds. The molecular formula is C26H23ClN2O5. The van der Waals surface area contributed by atoms with Crippen molar-refractivity contribution in [2.24, 2.45) is 0 Å². The van der Waals surface area contributed by atoms with E-state index in [1.807, 2.05) is 19.1 Å². The number of hydrogen-bond acceptors (Lipinski definition) is 5. The van der Waals surface area contributed by atoms with E-state index in [-0.39, 0.29) is 31.0 Å². The smallest absolute Gasteiger partial charge is 0.337 e. The number of nitrogens with zero attached hydrogens (tertiary/aromatic N) is 1. The maximum atomic E-state index is 13.3. The Balaban J connectivity index is 1.58. The third-order valence-corrected chi connectivity index (χ3v) is 5.85. The molecular weight excluding hydrogens is 456 g/mol. The molecule has 34 heavy (non-hydrogen) atoms. The molecule has 0 aromatic heterocycles. The van der Waals surface area contributed by atoms with Crippen LogP contribution in [0.3, 0.4) is 0 Å². The maximum Gasteiger partial charge on any atom is 0.337 e. The highest BCUT2D eigenvalue weighted by Crippen LogP contribution is 2.37. The third kappa shape index (κ3) is 4.89. The number of amides is 2. The summed E-state index contributed by atoms with van der Waals surface area (Å²) in [5.74, 6) is -0.546. The van der Waals surface area contributed by atoms with Crippen molar-refractivity contribution in [2.75, 3.05) is 18.6 Å². The number of rotatable bonds is 6. The first-order chi connectivity index (χ1) is 16.4. The van der Waals surface area contributed by atoms with Crippen LogP contribution in [-0.4, -0.2) is 31.5 Å². The summed E-state index contributed by atoms with van der Waals surface area (Å²) >= 11 is 5.98. The molecule has 0 spiro atoms. The van der Waals surface area contributed by atoms with E-state index in [1.165, 1.54) is 7.11 Å². The van der Waals surface area contributed by atoms with E-state index < -0.39 is 5.97 Å². The van der Waals surface area contributed by atoms with Gasteiger partial charge in [-0.05, 0) is 54.4 Å². The van der Waals surface area contributed by atoms with Crippen molar-refractivity contribution in [3.8, 4) is 5.75 Å². The average Bonchev–Trinajstić information content (AvgIpc) is 2.86. The van der Waals surface area contributed by atoms with Crippen LogP contribution in [0.2, 0.25) is 5.02 Å². The number of halogens is 1. The van der Waals surface area contributed by atoms with E-state index in [2.05, 4.69) is 5.32 Å². The Morgan fingerprint density at radius 1 is 1.09 bits per heavy atom. The zero-order valence-electron chi connectivity index (χ0n) is 18.7. The molecule has 3 aromatic rings. The Morgan fingerprint density at radius 3 is 2.47 bits per heavy atom. The molecule has 0 fully saturated rings. The van der Waals surface area contributed by atoms with Crippen molar-refractivity contribution >= 4 is 35.1 Å². The van der Waals surface area contributed by atoms with E-state index in [1.54, 1.807) is 59.5 Å². The minimum Gasteiger partial charge on any atom is -0.482 e. The molecule has 3 aromatic carbocycles. The lowest BCUT2D eigenvalue weighted by Crippen LogP contribution is -2.40. The Labute approximate surface area is 202 Å². The SMILES string of the molecule is COC(=O)c1ccc([C@H](C)NC(=O)c2cccc3c2N(Cc2ccc(Cl)cc2)C(=O)CO3)cc1. The molecule has 0 saturated carbocycles. The number of methoxy groups -OCH3 is 1. The summed E-state index contributed by atoms with van der Waals surface area (Å²) in [4.78, 5) is 39.3. The van der Waals surface area contributed by atoms with Crippen molar-refractivity contribution in [3.05, 3.63) is 94.0 Å². The van der Waals surface area contributed by atoms with Gasteiger partial charge < -0.3 is 19.7 Å². The van der Waals surface area contributed by atoms with Gasteiger partial charge in [-0.1, -0.05) is 41.9 Å². The van der Waals surface area contributed by atoms with Crippen molar-refractivity contribution < 1.29 is 23.9 Å². The summed E-state index contributed by atoms with van der Waals surface area (Å²) in [7, 11) is 1.32. The van der Waals surface area contributed by atoms with Gasteiger partial charge in [0.2, 0.25) is 0 Å². The molecule has 0 unspecified atom stereocenters. The maximum absolute atomic E-state index is 13.3. The predicted molar refractivity (Wildman–Crippen MR) is 128 cm³/mol. The highest BCUT2D eigenvalue weighted by Gasteiger charge is 2.30. The first-order valence-electron chi connectivity index (χ1n) is 10.7. The predicted octanol–water partition coefficient (Wildman–Crippen LogP) is 4.54. The van der Waals surface area contributed by atoms with Crippen LogP contribution in [0, 0.1) is 0 Å². The molecule has 1 N–H and O–H groups in total. The number of hydrogen-bond donors (Lipinski definition) is 1. The van der Waals surface area contributed by atoms with E-state index >= 15 is 0 Å². The molecule has 0 saturated heterocycles. The molecule has 0 bridgehead atoms. The fourth-order valence-electron chi connectivity index (χ4n) is 3.77. The van der Waals surface area contributed by atoms with Crippen LogP contribution in [-0.2, 0) is 16.1 Å². The lowest BCUT2D eigenvalue weighted by molar-refractivity contribution is -0.121. The lowest BCUT2D eigenvalue weighted by atomic mass is 10.0. The Hall–Kier alpha value is -3.84. The summed E-state index contributed by atoms with van der Waals surface area (Å²) in [6.45, 7) is 2.02. The van der Waals surface area contributed by atoms with Gasteiger partial charge in [-0.2, -0.15) is 0 Å². The summed E-state index contributed by atoms with van der Waals surface area (Å²) in [5.41, 5.74) is 2.88. The average molecular weight is 479 g/mol. The highest BCUT2D eigenvalue weighted by molar-refractivity contribution is 6.30. The van der Waals surface area contributed by atoms with Gasteiger partial charge in [0.15, 0.2) is 6.61 Å². The number of benzene rings is 3. The van der Waals surface area contributed by atoms with E-state index in [9.17, 15) is 14.4 Å². The van der Waals surface area contributed by atoms with Gasteiger partial charge >= 0.3 is 5.97 Å². The molecule has 7 nitrogen and oxygen atoms in total. The second-order valence-corrected chi connectivity index (χ2v) is 8.29. The quantitative estimate of drug-likeness (QED) is 0.526. The summed E-state index contributed by atoms with van der Waals surface area (Å²) in [6.07, 6.45) is 0. The van der Waals surface area contributed by atoms with E-state index in [4.69, 9.17) is 21.1 Å². The molecule has 8 heteroatoms. The molecule has 1 aliphatic heterocycles. The van der Waals surface area contributed by atoms with Crippen LogP contribution >= 0.6 is 11.6 Å². The molecule has 4 rings (SSSR count). The van der Waals surface area contributed by atoms with Gasteiger partial charge in [-0.15, -0.1) is 0 Å². The molecule has 1 atom stereocenters. The summed E-state index contributed by atoms with van der Waals surface area (Å²) in [5, 5.41) is 3.57. The number of carbonyl (C=O) groups excluding carboxylic acids is 3. The molecule has 0 radical (unpaired) electrons.